The molecule has 0 saturated heterocycles. The lowest BCUT2D eigenvalue weighted by molar-refractivity contribution is 0.627. The van der Waals surface area contributed by atoms with Crippen LogP contribution in [0.3, 0.4) is 0 Å². The van der Waals surface area contributed by atoms with Crippen LogP contribution in [0.2, 0.25) is 0 Å². The smallest absolute Gasteiger partial charge is 0.123 e. The third-order valence-corrected chi connectivity index (χ3v) is 2.85. The van der Waals surface area contributed by atoms with E-state index in [1.807, 2.05) is 0 Å². The number of nitrogens with zero attached hydrogens (tertiary/aromatic N) is 2. The number of halogens is 2. The Hall–Kier alpha value is -1.23. The molecule has 0 bridgehead atoms. The third-order valence-electron chi connectivity index (χ3n) is 2.16. The maximum Gasteiger partial charge on any atom is 0.123 e. The van der Waals surface area contributed by atoms with Gasteiger partial charge in [-0.05, 0) is 24.6 Å². The zero-order valence-electron chi connectivity index (χ0n) is 7.87. The molecule has 1 aromatic carbocycles. The van der Waals surface area contributed by atoms with Crippen LogP contribution in [0.4, 0.5) is 4.39 Å². The predicted molar refractivity (Wildman–Crippen MR) is 61.5 cm³/mol. The van der Waals surface area contributed by atoms with Gasteiger partial charge in [-0.3, -0.25) is 0 Å². The molecule has 78 valence electrons. The summed E-state index contributed by atoms with van der Waals surface area (Å²) in [6.45, 7) is 0. The topological polar surface area (TPSA) is 50.7 Å². The number of rotatable bonds is 1. The van der Waals surface area contributed by atoms with Gasteiger partial charge in [0.1, 0.15) is 11.7 Å². The summed E-state index contributed by atoms with van der Waals surface area (Å²) >= 11 is 3.35. The van der Waals surface area contributed by atoms with E-state index >= 15 is 0 Å². The van der Waals surface area contributed by atoms with Gasteiger partial charge in [0.15, 0.2) is 0 Å². The molecule has 1 aromatic rings. The number of nitrogens with two attached hydrogens (primary N) is 1. The molecule has 1 heterocycles. The van der Waals surface area contributed by atoms with Gasteiger partial charge in [0.05, 0.1) is 5.71 Å². The molecule has 0 spiro atoms. The van der Waals surface area contributed by atoms with Crippen LogP contribution in [-0.4, -0.2) is 11.5 Å². The molecule has 3 nitrogen and oxygen atoms in total. The standard InChI is InChI=1S/C10H9BrFN3/c11-8-2-1-6(12)5-7(8)9-3-4-10(13)15-14-9/h1-2,5H,3-4H2,(H2,13,15). The van der Waals surface area contributed by atoms with E-state index in [4.69, 9.17) is 5.73 Å². The largest absolute Gasteiger partial charge is 0.386 e. The fourth-order valence-corrected chi connectivity index (χ4v) is 1.85. The van der Waals surface area contributed by atoms with Crippen LogP contribution < -0.4 is 5.73 Å². The van der Waals surface area contributed by atoms with Gasteiger partial charge in [-0.15, -0.1) is 5.10 Å². The summed E-state index contributed by atoms with van der Waals surface area (Å²) in [7, 11) is 0. The summed E-state index contributed by atoms with van der Waals surface area (Å²) in [5, 5.41) is 7.76. The summed E-state index contributed by atoms with van der Waals surface area (Å²) in [5.74, 6) is 0.240. The maximum atomic E-state index is 13.0. The normalized spacial score (nSPS) is 15.9. The SMILES string of the molecule is NC1=NN=C(c2cc(F)ccc2Br)CC1. The van der Waals surface area contributed by atoms with Gasteiger partial charge in [0, 0.05) is 16.5 Å². The van der Waals surface area contributed by atoms with E-state index in [-0.39, 0.29) is 5.82 Å². The van der Waals surface area contributed by atoms with E-state index in [0.717, 1.165) is 15.7 Å². The molecule has 1 aliphatic rings. The molecule has 2 rings (SSSR count). The first-order valence-electron chi connectivity index (χ1n) is 4.51. The van der Waals surface area contributed by atoms with Crippen molar-refractivity contribution in [3.8, 4) is 0 Å². The molecular weight excluding hydrogens is 261 g/mol. The highest BCUT2D eigenvalue weighted by molar-refractivity contribution is 9.10. The molecule has 1 aliphatic heterocycles. The van der Waals surface area contributed by atoms with Crippen LogP contribution in [0.1, 0.15) is 18.4 Å². The maximum absolute atomic E-state index is 13.0. The zero-order valence-corrected chi connectivity index (χ0v) is 9.46. The Bertz CT molecular complexity index is 454. The zero-order chi connectivity index (χ0) is 10.8. The Kier molecular flexibility index (Phi) is 2.81. The van der Waals surface area contributed by atoms with E-state index in [9.17, 15) is 4.39 Å². The highest BCUT2D eigenvalue weighted by Crippen LogP contribution is 2.21. The lowest BCUT2D eigenvalue weighted by Crippen LogP contribution is -2.18. The summed E-state index contributed by atoms with van der Waals surface area (Å²) < 4.78 is 13.9. The monoisotopic (exact) mass is 269 g/mol. The second-order valence-corrected chi connectivity index (χ2v) is 4.12. The van der Waals surface area contributed by atoms with Crippen molar-refractivity contribution >= 4 is 27.5 Å². The van der Waals surface area contributed by atoms with E-state index in [1.165, 1.54) is 12.1 Å². The van der Waals surface area contributed by atoms with Crippen molar-refractivity contribution in [2.45, 2.75) is 12.8 Å². The van der Waals surface area contributed by atoms with Gasteiger partial charge in [-0.2, -0.15) is 5.10 Å². The molecule has 0 atom stereocenters. The second-order valence-electron chi connectivity index (χ2n) is 3.26. The summed E-state index contributed by atoms with van der Waals surface area (Å²) in [5.41, 5.74) is 7.00. The van der Waals surface area contributed by atoms with Gasteiger partial charge in [-0.25, -0.2) is 4.39 Å². The van der Waals surface area contributed by atoms with E-state index < -0.39 is 0 Å². The van der Waals surface area contributed by atoms with Crippen molar-refractivity contribution in [3.05, 3.63) is 34.1 Å². The van der Waals surface area contributed by atoms with Crippen molar-refractivity contribution in [2.24, 2.45) is 15.9 Å². The molecule has 5 heteroatoms. The van der Waals surface area contributed by atoms with Crippen molar-refractivity contribution < 1.29 is 4.39 Å². The van der Waals surface area contributed by atoms with Gasteiger partial charge in [0.25, 0.3) is 0 Å². The highest BCUT2D eigenvalue weighted by Gasteiger charge is 2.13. The molecule has 0 aromatic heterocycles. The van der Waals surface area contributed by atoms with Crippen LogP contribution in [0.15, 0.2) is 32.9 Å². The van der Waals surface area contributed by atoms with Gasteiger partial charge in [-0.1, -0.05) is 15.9 Å². The fourth-order valence-electron chi connectivity index (χ4n) is 1.38. The average Bonchev–Trinajstić information content (AvgIpc) is 2.23. The van der Waals surface area contributed by atoms with E-state index in [2.05, 4.69) is 26.1 Å². The highest BCUT2D eigenvalue weighted by atomic mass is 79.9. The van der Waals surface area contributed by atoms with E-state index in [1.54, 1.807) is 6.07 Å². The minimum absolute atomic E-state index is 0.279. The van der Waals surface area contributed by atoms with Crippen LogP contribution >= 0.6 is 15.9 Å². The van der Waals surface area contributed by atoms with Crippen LogP contribution in [0, 0.1) is 5.82 Å². The predicted octanol–water partition coefficient (Wildman–Crippen LogP) is 2.44. The first-order chi connectivity index (χ1) is 7.16. The lowest BCUT2D eigenvalue weighted by Gasteiger charge is -2.10. The number of amidine groups is 1. The van der Waals surface area contributed by atoms with Gasteiger partial charge < -0.3 is 5.73 Å². The average molecular weight is 270 g/mol. The van der Waals surface area contributed by atoms with E-state index in [0.29, 0.717) is 18.7 Å². The second kappa shape index (κ2) is 4.10. The minimum Gasteiger partial charge on any atom is -0.386 e. The molecule has 0 amide bonds. The fraction of sp³-hybridized carbons (Fsp3) is 0.200. The van der Waals surface area contributed by atoms with Crippen LogP contribution in [0.25, 0.3) is 0 Å². The summed E-state index contributed by atoms with van der Waals surface area (Å²) in [6, 6.07) is 4.50. The van der Waals surface area contributed by atoms with Crippen molar-refractivity contribution in [1.82, 2.24) is 0 Å². The Morgan fingerprint density at radius 3 is 2.73 bits per heavy atom. The molecule has 2 N–H and O–H groups in total. The Balaban J connectivity index is 2.42. The lowest BCUT2D eigenvalue weighted by atomic mass is 10.0. The number of benzene rings is 1. The molecule has 0 fully saturated rings. The van der Waals surface area contributed by atoms with Crippen LogP contribution in [0.5, 0.6) is 0 Å². The van der Waals surface area contributed by atoms with Crippen molar-refractivity contribution in [2.75, 3.05) is 0 Å². The Labute approximate surface area is 95.0 Å². The Morgan fingerprint density at radius 1 is 1.27 bits per heavy atom. The minimum atomic E-state index is -0.279. The summed E-state index contributed by atoms with van der Waals surface area (Å²) in [6.07, 6.45) is 1.36. The summed E-state index contributed by atoms with van der Waals surface area (Å²) in [4.78, 5) is 0. The molecule has 15 heavy (non-hydrogen) atoms. The van der Waals surface area contributed by atoms with Gasteiger partial charge >= 0.3 is 0 Å². The molecule has 0 radical (unpaired) electrons. The van der Waals surface area contributed by atoms with Crippen molar-refractivity contribution in [1.29, 1.82) is 0 Å². The molecular formula is C10H9BrFN3. The molecule has 0 aliphatic carbocycles. The first kappa shape index (κ1) is 10.3. The number of hydrogen-bond donors (Lipinski definition) is 1. The van der Waals surface area contributed by atoms with Gasteiger partial charge in [0.2, 0.25) is 0 Å². The Morgan fingerprint density at radius 2 is 2.07 bits per heavy atom. The molecule has 0 unspecified atom stereocenters. The third kappa shape index (κ3) is 2.23. The first-order valence-corrected chi connectivity index (χ1v) is 5.30. The number of hydrogen-bond acceptors (Lipinski definition) is 3. The molecule has 0 saturated carbocycles. The van der Waals surface area contributed by atoms with Crippen LogP contribution in [-0.2, 0) is 0 Å². The quantitative estimate of drug-likeness (QED) is 0.837. The van der Waals surface area contributed by atoms with Crippen molar-refractivity contribution in [3.63, 3.8) is 0 Å².